The summed E-state index contributed by atoms with van der Waals surface area (Å²) in [5.74, 6) is -0.459. The van der Waals surface area contributed by atoms with Gasteiger partial charge in [-0.1, -0.05) is 18.2 Å². The first-order chi connectivity index (χ1) is 20.4. The lowest BCUT2D eigenvalue weighted by molar-refractivity contribution is -0.384. The van der Waals surface area contributed by atoms with Crippen molar-refractivity contribution in [2.24, 2.45) is 0 Å². The molecule has 0 radical (unpaired) electrons. The number of nitro groups is 1. The number of benzene rings is 2. The van der Waals surface area contributed by atoms with E-state index in [2.05, 4.69) is 15.3 Å². The van der Waals surface area contributed by atoms with Gasteiger partial charge in [0.25, 0.3) is 5.69 Å². The summed E-state index contributed by atoms with van der Waals surface area (Å²) in [5, 5.41) is 15.8. The Morgan fingerprint density at radius 1 is 1.14 bits per heavy atom. The number of hydrogen-bond acceptors (Lipinski definition) is 11. The molecule has 0 spiro atoms. The number of nitrogens with zero attached hydrogens (tertiary/aromatic N) is 6. The standard InChI is InChI=1S/C30H35N7O6/c1-18(2)43-29(39)21-16-31-30(33-28(21)22-17-36(19(3)38)24-11-9-8-10-20(22)24)32-23-14-26(37(40)41)25(15-27(23)42-7)35(6)13-12-34(4)5/h8-11,14-18H,12-13H2,1-7H3,(H,31,32,33). The Kier molecular flexibility index (Phi) is 9.24. The quantitative estimate of drug-likeness (QED) is 0.144. The number of para-hydroxylation sites is 1. The van der Waals surface area contributed by atoms with Gasteiger partial charge in [-0.25, -0.2) is 14.8 Å². The Labute approximate surface area is 249 Å². The molecule has 13 nitrogen and oxygen atoms in total. The van der Waals surface area contributed by atoms with E-state index >= 15 is 0 Å². The zero-order valence-corrected chi connectivity index (χ0v) is 25.2. The van der Waals surface area contributed by atoms with Crippen LogP contribution in [-0.4, -0.2) is 83.7 Å². The summed E-state index contributed by atoms with van der Waals surface area (Å²) < 4.78 is 12.5. The van der Waals surface area contributed by atoms with Crippen LogP contribution in [0.2, 0.25) is 0 Å². The van der Waals surface area contributed by atoms with E-state index in [4.69, 9.17) is 9.47 Å². The lowest BCUT2D eigenvalue weighted by Crippen LogP contribution is -2.29. The predicted octanol–water partition coefficient (Wildman–Crippen LogP) is 4.98. The van der Waals surface area contributed by atoms with E-state index in [9.17, 15) is 19.7 Å². The van der Waals surface area contributed by atoms with Crippen molar-refractivity contribution in [3.63, 3.8) is 0 Å². The number of rotatable bonds is 11. The third kappa shape index (κ3) is 6.72. The molecule has 0 bridgehead atoms. The Morgan fingerprint density at radius 3 is 2.49 bits per heavy atom. The van der Waals surface area contributed by atoms with Crippen LogP contribution in [0.3, 0.4) is 0 Å². The van der Waals surface area contributed by atoms with E-state index < -0.39 is 17.0 Å². The number of ether oxygens (including phenoxy) is 2. The van der Waals surface area contributed by atoms with Crippen LogP contribution >= 0.6 is 0 Å². The van der Waals surface area contributed by atoms with Crippen molar-refractivity contribution in [2.75, 3.05) is 51.6 Å². The molecule has 226 valence electrons. The van der Waals surface area contributed by atoms with Gasteiger partial charge in [0.05, 0.1) is 35.0 Å². The number of carbonyl (C=O) groups is 2. The summed E-state index contributed by atoms with van der Waals surface area (Å²) in [6.07, 6.45) is 2.56. The Bertz CT molecular complexity index is 1680. The number of nitrogens with one attached hydrogen (secondary N) is 1. The number of nitro benzene ring substituents is 1. The van der Waals surface area contributed by atoms with Gasteiger partial charge in [-0.2, -0.15) is 0 Å². The summed E-state index contributed by atoms with van der Waals surface area (Å²) in [4.78, 5) is 49.9. The maximum absolute atomic E-state index is 13.1. The topological polar surface area (TPSA) is 145 Å². The summed E-state index contributed by atoms with van der Waals surface area (Å²) in [6, 6.07) is 10.2. The van der Waals surface area contributed by atoms with Gasteiger partial charge in [-0.15, -0.1) is 0 Å². The zero-order chi connectivity index (χ0) is 31.4. The smallest absolute Gasteiger partial charge is 0.342 e. The van der Waals surface area contributed by atoms with Gasteiger partial charge in [0, 0.05) is 62.5 Å². The summed E-state index contributed by atoms with van der Waals surface area (Å²) in [5.41, 5.74) is 2.00. The summed E-state index contributed by atoms with van der Waals surface area (Å²) in [7, 11) is 7.09. The van der Waals surface area contributed by atoms with Gasteiger partial charge in [-0.05, 0) is 34.0 Å². The number of fused-ring (bicyclic) bond motifs is 1. The van der Waals surface area contributed by atoms with Crippen molar-refractivity contribution in [1.82, 2.24) is 19.4 Å². The number of hydrogen-bond donors (Lipinski definition) is 1. The second-order valence-corrected chi connectivity index (χ2v) is 10.5. The van der Waals surface area contributed by atoms with Crippen molar-refractivity contribution in [1.29, 1.82) is 0 Å². The molecular weight excluding hydrogens is 554 g/mol. The largest absolute Gasteiger partial charge is 0.494 e. The number of methoxy groups -OCH3 is 1. The number of esters is 1. The Balaban J connectivity index is 1.84. The van der Waals surface area contributed by atoms with E-state index in [1.165, 1.54) is 30.9 Å². The first kappa shape index (κ1) is 30.9. The molecule has 0 aliphatic rings. The fourth-order valence-corrected chi connectivity index (χ4v) is 4.57. The highest BCUT2D eigenvalue weighted by Crippen LogP contribution is 2.39. The molecule has 0 unspecified atom stereocenters. The third-order valence-electron chi connectivity index (χ3n) is 6.69. The molecule has 0 aliphatic carbocycles. The third-order valence-corrected chi connectivity index (χ3v) is 6.69. The molecule has 1 N–H and O–H groups in total. The monoisotopic (exact) mass is 589 g/mol. The van der Waals surface area contributed by atoms with Crippen LogP contribution < -0.4 is 15.0 Å². The highest BCUT2D eigenvalue weighted by molar-refractivity contribution is 6.05. The number of aromatic nitrogens is 3. The van der Waals surface area contributed by atoms with Crippen molar-refractivity contribution in [2.45, 2.75) is 26.9 Å². The fraction of sp³-hybridized carbons (Fsp3) is 0.333. The molecule has 0 saturated heterocycles. The first-order valence-electron chi connectivity index (χ1n) is 13.6. The molecule has 4 aromatic rings. The van der Waals surface area contributed by atoms with Gasteiger partial charge >= 0.3 is 5.97 Å². The van der Waals surface area contributed by atoms with Gasteiger partial charge in [0.15, 0.2) is 0 Å². The Hall–Kier alpha value is -5.04. The number of likely N-dealkylation sites (N-methyl/N-ethyl adjacent to an activating group) is 2. The minimum Gasteiger partial charge on any atom is -0.494 e. The van der Waals surface area contributed by atoms with Crippen molar-refractivity contribution < 1.29 is 24.0 Å². The van der Waals surface area contributed by atoms with Crippen LogP contribution in [0, 0.1) is 10.1 Å². The molecule has 2 aromatic heterocycles. The molecule has 0 aliphatic heterocycles. The fourth-order valence-electron chi connectivity index (χ4n) is 4.57. The SMILES string of the molecule is COc1cc(N(C)CCN(C)C)c([N+](=O)[O-])cc1Nc1ncc(C(=O)OC(C)C)c(-c2cn(C(C)=O)c3ccccc23)n1. The normalized spacial score (nSPS) is 11.2. The van der Waals surface area contributed by atoms with Crippen LogP contribution in [0.25, 0.3) is 22.2 Å². The molecule has 0 fully saturated rings. The van der Waals surface area contributed by atoms with Crippen LogP contribution in [0.5, 0.6) is 5.75 Å². The van der Waals surface area contributed by atoms with Gasteiger partial charge in [0.1, 0.15) is 17.0 Å². The molecule has 4 rings (SSSR count). The van der Waals surface area contributed by atoms with Crippen LogP contribution in [0.15, 0.2) is 48.8 Å². The molecule has 0 saturated carbocycles. The second-order valence-electron chi connectivity index (χ2n) is 10.5. The van der Waals surface area contributed by atoms with E-state index in [0.29, 0.717) is 41.0 Å². The van der Waals surface area contributed by atoms with Crippen molar-refractivity contribution in [3.05, 3.63) is 64.5 Å². The Morgan fingerprint density at radius 2 is 1.86 bits per heavy atom. The number of carbonyl (C=O) groups excluding carboxylic acids is 2. The molecule has 43 heavy (non-hydrogen) atoms. The average Bonchev–Trinajstić information content (AvgIpc) is 3.35. The van der Waals surface area contributed by atoms with Gasteiger partial charge in [0.2, 0.25) is 11.9 Å². The maximum atomic E-state index is 13.1. The second kappa shape index (κ2) is 12.9. The summed E-state index contributed by atoms with van der Waals surface area (Å²) in [6.45, 7) is 6.15. The predicted molar refractivity (Wildman–Crippen MR) is 165 cm³/mol. The molecule has 0 amide bonds. The highest BCUT2D eigenvalue weighted by Gasteiger charge is 2.25. The van der Waals surface area contributed by atoms with E-state index in [0.717, 1.165) is 0 Å². The summed E-state index contributed by atoms with van der Waals surface area (Å²) >= 11 is 0. The zero-order valence-electron chi connectivity index (χ0n) is 25.2. The molecule has 0 atom stereocenters. The maximum Gasteiger partial charge on any atom is 0.342 e. The molecule has 13 heteroatoms. The lowest BCUT2D eigenvalue weighted by atomic mass is 10.1. The van der Waals surface area contributed by atoms with E-state index in [1.807, 2.05) is 37.2 Å². The van der Waals surface area contributed by atoms with Crippen LogP contribution in [0.1, 0.15) is 35.9 Å². The minimum absolute atomic E-state index is 0.0528. The minimum atomic E-state index is -0.630. The van der Waals surface area contributed by atoms with E-state index in [1.54, 1.807) is 44.1 Å². The lowest BCUT2D eigenvalue weighted by Gasteiger charge is -2.22. The van der Waals surface area contributed by atoms with Crippen LogP contribution in [-0.2, 0) is 4.74 Å². The highest BCUT2D eigenvalue weighted by atomic mass is 16.6. The van der Waals surface area contributed by atoms with Gasteiger partial charge in [-0.3, -0.25) is 19.5 Å². The van der Waals surface area contributed by atoms with Crippen molar-refractivity contribution in [3.8, 4) is 17.0 Å². The van der Waals surface area contributed by atoms with Gasteiger partial charge < -0.3 is 24.6 Å². The van der Waals surface area contributed by atoms with Crippen LogP contribution in [0.4, 0.5) is 23.0 Å². The first-order valence-corrected chi connectivity index (χ1v) is 13.6. The molecule has 2 aromatic carbocycles. The molecule has 2 heterocycles. The number of anilines is 3. The van der Waals surface area contributed by atoms with Crippen molar-refractivity contribution >= 4 is 45.8 Å². The molecular formula is C30H35N7O6. The average molecular weight is 590 g/mol. The van der Waals surface area contributed by atoms with E-state index in [-0.39, 0.29) is 34.5 Å².